The maximum atomic E-state index is 11.8. The third-order valence-corrected chi connectivity index (χ3v) is 3.94. The summed E-state index contributed by atoms with van der Waals surface area (Å²) in [5, 5.41) is 13.7. The van der Waals surface area contributed by atoms with Gasteiger partial charge in [0.1, 0.15) is 0 Å². The van der Waals surface area contributed by atoms with Gasteiger partial charge in [0.2, 0.25) is 5.91 Å². The maximum absolute atomic E-state index is 11.8. The number of rotatable bonds is 13. The van der Waals surface area contributed by atoms with Gasteiger partial charge in [-0.2, -0.15) is 0 Å². The van der Waals surface area contributed by atoms with Gasteiger partial charge in [-0.15, -0.1) is 0 Å². The van der Waals surface area contributed by atoms with Crippen molar-refractivity contribution in [2.24, 2.45) is 5.41 Å². The largest absolute Gasteiger partial charge is 1.00 e. The summed E-state index contributed by atoms with van der Waals surface area (Å²) in [7, 11) is 0. The van der Waals surface area contributed by atoms with Gasteiger partial charge in [-0.3, -0.25) is 4.79 Å². The average Bonchev–Trinajstić information content (AvgIpc) is 2.43. The monoisotopic (exact) mass is 349 g/mol. The molecule has 0 unspecified atom stereocenters. The molecule has 0 saturated carbocycles. The minimum Gasteiger partial charge on any atom is -0.548 e. The van der Waals surface area contributed by atoms with Crippen LogP contribution in [0.3, 0.4) is 0 Å². The molecule has 24 heavy (non-hydrogen) atoms. The van der Waals surface area contributed by atoms with Gasteiger partial charge >= 0.3 is 29.6 Å². The molecule has 0 aromatic rings. The van der Waals surface area contributed by atoms with E-state index in [1.54, 1.807) is 0 Å². The van der Waals surface area contributed by atoms with E-state index in [4.69, 9.17) is 0 Å². The van der Waals surface area contributed by atoms with Crippen molar-refractivity contribution in [2.75, 3.05) is 0 Å². The molecule has 0 bridgehead atoms. The van der Waals surface area contributed by atoms with Crippen LogP contribution < -0.4 is 40.0 Å². The Hall–Kier alpha value is -0.0600. The van der Waals surface area contributed by atoms with E-state index in [-0.39, 0.29) is 40.9 Å². The molecule has 136 valence electrons. The molecule has 1 atom stereocenters. The summed E-state index contributed by atoms with van der Waals surface area (Å²) in [5.74, 6) is -1.37. The van der Waals surface area contributed by atoms with Gasteiger partial charge in [-0.05, 0) is 18.3 Å². The summed E-state index contributed by atoms with van der Waals surface area (Å²) in [5.41, 5.74) is -0.157. The third-order valence-electron chi connectivity index (χ3n) is 3.94. The molecule has 0 aliphatic rings. The molecule has 0 aromatic heterocycles. The Morgan fingerprint density at radius 3 is 1.79 bits per heavy atom. The van der Waals surface area contributed by atoms with Crippen LogP contribution in [0.4, 0.5) is 0 Å². The van der Waals surface area contributed by atoms with Crippen LogP contribution in [0.5, 0.6) is 0 Å². The van der Waals surface area contributed by atoms with Gasteiger partial charge in [-0.1, -0.05) is 79.1 Å². The molecular formula is C19H36NNaO3. The van der Waals surface area contributed by atoms with E-state index in [1.165, 1.54) is 38.5 Å². The van der Waals surface area contributed by atoms with Gasteiger partial charge in [0, 0.05) is 6.42 Å². The minimum atomic E-state index is -1.19. The van der Waals surface area contributed by atoms with Gasteiger partial charge in [-0.25, -0.2) is 0 Å². The number of hydrogen-bond donors (Lipinski definition) is 1. The van der Waals surface area contributed by atoms with E-state index in [1.807, 2.05) is 20.8 Å². The summed E-state index contributed by atoms with van der Waals surface area (Å²) in [6, 6.07) is -0.888. The second-order valence-electron chi connectivity index (χ2n) is 7.78. The number of carbonyl (C=O) groups excluding carboxylic acids is 2. The Balaban J connectivity index is 0. The van der Waals surface area contributed by atoms with Crippen molar-refractivity contribution < 1.29 is 44.3 Å². The summed E-state index contributed by atoms with van der Waals surface area (Å²) in [6.45, 7) is 8.08. The topological polar surface area (TPSA) is 69.2 Å². The van der Waals surface area contributed by atoms with Crippen LogP contribution in [-0.4, -0.2) is 17.9 Å². The van der Waals surface area contributed by atoms with Crippen LogP contribution >= 0.6 is 0 Å². The van der Waals surface area contributed by atoms with Gasteiger partial charge in [0.05, 0.1) is 12.0 Å². The predicted molar refractivity (Wildman–Crippen MR) is 92.9 cm³/mol. The summed E-state index contributed by atoms with van der Waals surface area (Å²) >= 11 is 0. The minimum absolute atomic E-state index is 0. The zero-order chi connectivity index (χ0) is 17.7. The Labute approximate surface area is 170 Å². The first-order valence-corrected chi connectivity index (χ1v) is 9.26. The van der Waals surface area contributed by atoms with Crippen LogP contribution in [0.1, 0.15) is 98.3 Å². The number of amides is 1. The molecule has 0 fully saturated rings. The molecule has 0 saturated heterocycles. The molecule has 0 spiro atoms. The van der Waals surface area contributed by atoms with Crippen LogP contribution in [-0.2, 0) is 9.59 Å². The average molecular weight is 349 g/mol. The van der Waals surface area contributed by atoms with Crippen LogP contribution in [0.2, 0.25) is 0 Å². The number of aliphatic carboxylic acids is 1. The molecular weight excluding hydrogens is 313 g/mol. The Morgan fingerprint density at radius 1 is 0.917 bits per heavy atom. The number of unbranched alkanes of at least 4 members (excludes halogenated alkanes) is 8. The number of carbonyl (C=O) groups is 2. The zero-order valence-electron chi connectivity index (χ0n) is 16.6. The predicted octanol–water partition coefficient (Wildman–Crippen LogP) is 0.582. The molecule has 0 heterocycles. The number of nitrogens with one attached hydrogen (secondary N) is 1. The molecule has 1 amide bonds. The summed E-state index contributed by atoms with van der Waals surface area (Å²) in [6.07, 6.45) is 11.6. The molecule has 5 heteroatoms. The number of hydrogen-bond acceptors (Lipinski definition) is 3. The van der Waals surface area contributed by atoms with Gasteiger partial charge in [0.15, 0.2) is 0 Å². The van der Waals surface area contributed by atoms with Crippen molar-refractivity contribution in [2.45, 2.75) is 104 Å². The number of carboxylic acid groups (broad SMARTS) is 1. The standard InChI is InChI=1S/C19H37NO3.Na/c1-5-6-7-8-9-10-11-12-13-14-17(21)20-16(18(22)23)15-19(2,3)4;/h16H,5-15H2,1-4H3,(H,20,21)(H,22,23);/q;+1/p-1/t16-;/m0./s1. The van der Waals surface area contributed by atoms with Crippen molar-refractivity contribution in [3.8, 4) is 0 Å². The molecule has 0 radical (unpaired) electrons. The van der Waals surface area contributed by atoms with Crippen molar-refractivity contribution >= 4 is 11.9 Å². The maximum Gasteiger partial charge on any atom is 1.00 e. The smallest absolute Gasteiger partial charge is 0.548 e. The normalized spacial score (nSPS) is 12.3. The molecule has 0 aliphatic carbocycles. The Bertz CT molecular complexity index is 340. The molecule has 0 rings (SSSR count). The molecule has 1 N–H and O–H groups in total. The van der Waals surface area contributed by atoms with Crippen molar-refractivity contribution in [1.29, 1.82) is 0 Å². The molecule has 0 aliphatic heterocycles. The first kappa shape index (κ1) is 26.2. The third kappa shape index (κ3) is 16.8. The molecule has 0 aromatic carbocycles. The van der Waals surface area contributed by atoms with E-state index in [9.17, 15) is 14.7 Å². The Morgan fingerprint density at radius 2 is 1.38 bits per heavy atom. The summed E-state index contributed by atoms with van der Waals surface area (Å²) < 4.78 is 0. The van der Waals surface area contributed by atoms with Crippen LogP contribution in [0.25, 0.3) is 0 Å². The first-order valence-electron chi connectivity index (χ1n) is 9.26. The van der Waals surface area contributed by atoms with Crippen LogP contribution in [0.15, 0.2) is 0 Å². The number of carboxylic acids is 1. The van der Waals surface area contributed by atoms with Crippen molar-refractivity contribution in [3.63, 3.8) is 0 Å². The van der Waals surface area contributed by atoms with E-state index >= 15 is 0 Å². The van der Waals surface area contributed by atoms with Gasteiger partial charge in [0.25, 0.3) is 0 Å². The quantitative estimate of drug-likeness (QED) is 0.391. The van der Waals surface area contributed by atoms with E-state index in [0.29, 0.717) is 12.8 Å². The fraction of sp³-hybridized carbons (Fsp3) is 0.895. The SMILES string of the molecule is CCCCCCCCCCCC(=O)N[C@@H](CC(C)(C)C)C(=O)[O-].[Na+]. The second-order valence-corrected chi connectivity index (χ2v) is 7.78. The fourth-order valence-electron chi connectivity index (χ4n) is 2.67. The zero-order valence-corrected chi connectivity index (χ0v) is 18.6. The van der Waals surface area contributed by atoms with E-state index in [0.717, 1.165) is 19.3 Å². The van der Waals surface area contributed by atoms with Gasteiger partial charge < -0.3 is 15.2 Å². The Kier molecular flexibility index (Phi) is 16.6. The first-order chi connectivity index (χ1) is 10.8. The van der Waals surface area contributed by atoms with Crippen molar-refractivity contribution in [1.82, 2.24) is 5.32 Å². The van der Waals surface area contributed by atoms with Crippen LogP contribution in [0, 0.1) is 5.41 Å². The van der Waals surface area contributed by atoms with E-state index in [2.05, 4.69) is 12.2 Å². The fourth-order valence-corrected chi connectivity index (χ4v) is 2.67. The second kappa shape index (κ2) is 15.2. The molecule has 4 nitrogen and oxygen atoms in total. The van der Waals surface area contributed by atoms with E-state index < -0.39 is 12.0 Å². The summed E-state index contributed by atoms with van der Waals surface area (Å²) in [4.78, 5) is 23.0. The van der Waals surface area contributed by atoms with Crippen molar-refractivity contribution in [3.05, 3.63) is 0 Å².